The van der Waals surface area contributed by atoms with Gasteiger partial charge in [0.05, 0.1) is 12.2 Å². The van der Waals surface area contributed by atoms with Crippen molar-refractivity contribution < 1.29 is 9.59 Å². The normalized spacial score (nSPS) is 18.5. The van der Waals surface area contributed by atoms with E-state index in [1.165, 1.54) is 6.42 Å². The molecule has 0 bridgehead atoms. The van der Waals surface area contributed by atoms with Gasteiger partial charge in [0, 0.05) is 26.1 Å². The summed E-state index contributed by atoms with van der Waals surface area (Å²) < 4.78 is 1.79. The Kier molecular flexibility index (Phi) is 7.64. The first-order valence-electron chi connectivity index (χ1n) is 8.92. The van der Waals surface area contributed by atoms with Crippen molar-refractivity contribution >= 4 is 24.2 Å². The summed E-state index contributed by atoms with van der Waals surface area (Å²) in [6.07, 6.45) is 7.40. The molecule has 2 aliphatic rings. The molecule has 0 saturated carbocycles. The van der Waals surface area contributed by atoms with E-state index in [1.807, 2.05) is 4.90 Å². The molecule has 2 saturated heterocycles. The first-order valence-corrected chi connectivity index (χ1v) is 8.92. The first kappa shape index (κ1) is 19.7. The lowest BCUT2D eigenvalue weighted by Crippen LogP contribution is -2.37. The minimum Gasteiger partial charge on any atom is -0.350 e. The van der Waals surface area contributed by atoms with Crippen molar-refractivity contribution in [2.75, 3.05) is 32.7 Å². The van der Waals surface area contributed by atoms with Gasteiger partial charge < -0.3 is 15.5 Å². The average Bonchev–Trinajstić information content (AvgIpc) is 3.13. The maximum atomic E-state index is 12.1. The minimum absolute atomic E-state index is 0. The molecule has 3 rings (SSSR count). The predicted octanol–water partition coefficient (Wildman–Crippen LogP) is 0.757. The Bertz CT molecular complexity index is 567. The molecular formula is C16H27ClN6O2. The van der Waals surface area contributed by atoms with Gasteiger partial charge in [-0.05, 0) is 45.2 Å². The van der Waals surface area contributed by atoms with Crippen LogP contribution in [0.3, 0.4) is 0 Å². The van der Waals surface area contributed by atoms with Crippen molar-refractivity contribution in [2.24, 2.45) is 0 Å². The van der Waals surface area contributed by atoms with Crippen LogP contribution in [-0.4, -0.2) is 64.4 Å². The van der Waals surface area contributed by atoms with E-state index in [0.29, 0.717) is 24.7 Å². The van der Waals surface area contributed by atoms with E-state index in [4.69, 9.17) is 0 Å². The fourth-order valence-corrected chi connectivity index (χ4v) is 3.31. The third-order valence-corrected chi connectivity index (χ3v) is 4.76. The van der Waals surface area contributed by atoms with Crippen LogP contribution in [0.5, 0.6) is 0 Å². The predicted molar refractivity (Wildman–Crippen MR) is 95.8 cm³/mol. The number of aromatic nitrogens is 3. The van der Waals surface area contributed by atoms with Crippen LogP contribution in [0.1, 0.15) is 55.1 Å². The Morgan fingerprint density at radius 1 is 1.20 bits per heavy atom. The van der Waals surface area contributed by atoms with Gasteiger partial charge >= 0.3 is 0 Å². The molecule has 0 atom stereocenters. The molecule has 0 unspecified atom stereocenters. The maximum absolute atomic E-state index is 12.1. The summed E-state index contributed by atoms with van der Waals surface area (Å²) in [5.41, 5.74) is 0.318. The summed E-state index contributed by atoms with van der Waals surface area (Å²) in [6, 6.07) is 0.306. The van der Waals surface area contributed by atoms with E-state index in [-0.39, 0.29) is 24.2 Å². The van der Waals surface area contributed by atoms with Crippen LogP contribution in [0, 0.1) is 0 Å². The first-order chi connectivity index (χ1) is 11.7. The van der Waals surface area contributed by atoms with Crippen molar-refractivity contribution in [3.8, 4) is 0 Å². The Labute approximate surface area is 154 Å². The van der Waals surface area contributed by atoms with Crippen molar-refractivity contribution in [1.29, 1.82) is 0 Å². The fourth-order valence-electron chi connectivity index (χ4n) is 3.31. The molecule has 2 aliphatic heterocycles. The molecule has 8 nitrogen and oxygen atoms in total. The Morgan fingerprint density at radius 3 is 2.64 bits per heavy atom. The van der Waals surface area contributed by atoms with Gasteiger partial charge in [0.15, 0.2) is 5.69 Å². The number of nitrogens with one attached hydrogen (secondary N) is 2. The van der Waals surface area contributed by atoms with E-state index >= 15 is 0 Å². The molecule has 0 radical (unpaired) electrons. The van der Waals surface area contributed by atoms with Gasteiger partial charge in [0.25, 0.3) is 5.91 Å². The highest BCUT2D eigenvalue weighted by molar-refractivity contribution is 5.92. The van der Waals surface area contributed by atoms with Gasteiger partial charge in [-0.15, -0.1) is 17.5 Å². The van der Waals surface area contributed by atoms with Crippen LogP contribution in [0.25, 0.3) is 0 Å². The zero-order chi connectivity index (χ0) is 16.8. The van der Waals surface area contributed by atoms with Gasteiger partial charge in [-0.3, -0.25) is 9.59 Å². The number of hydrogen-bond acceptors (Lipinski definition) is 5. The summed E-state index contributed by atoms with van der Waals surface area (Å²) in [6.45, 7) is 3.96. The molecule has 140 valence electrons. The molecule has 2 N–H and O–H groups in total. The largest absolute Gasteiger partial charge is 0.350 e. The highest BCUT2D eigenvalue weighted by atomic mass is 35.5. The standard InChI is InChI=1S/C16H26N6O2.ClH/c23-15(21-10-2-1-3-11-21)6-9-18-16(24)14-12-22(20-19-14)13-4-7-17-8-5-13;/h12-13,17H,1-11H2,(H,18,24);1H. The van der Waals surface area contributed by atoms with Crippen LogP contribution < -0.4 is 10.6 Å². The molecule has 2 amide bonds. The summed E-state index contributed by atoms with van der Waals surface area (Å²) in [5, 5.41) is 14.1. The number of hydrogen-bond donors (Lipinski definition) is 2. The molecule has 1 aromatic rings. The molecule has 2 fully saturated rings. The highest BCUT2D eigenvalue weighted by Crippen LogP contribution is 2.17. The number of likely N-dealkylation sites (tertiary alicyclic amines) is 1. The average molecular weight is 371 g/mol. The van der Waals surface area contributed by atoms with Crippen LogP contribution in [-0.2, 0) is 4.79 Å². The summed E-state index contributed by atoms with van der Waals surface area (Å²) in [5.74, 6) is -0.144. The van der Waals surface area contributed by atoms with Crippen LogP contribution >= 0.6 is 12.4 Å². The molecule has 0 aliphatic carbocycles. The number of halogens is 1. The lowest BCUT2D eigenvalue weighted by molar-refractivity contribution is -0.131. The second-order valence-corrected chi connectivity index (χ2v) is 6.51. The molecule has 9 heteroatoms. The van der Waals surface area contributed by atoms with Crippen molar-refractivity contribution in [2.45, 2.75) is 44.6 Å². The number of piperidine rings is 2. The third kappa shape index (κ3) is 5.40. The molecule has 25 heavy (non-hydrogen) atoms. The molecule has 3 heterocycles. The summed E-state index contributed by atoms with van der Waals surface area (Å²) >= 11 is 0. The maximum Gasteiger partial charge on any atom is 0.273 e. The molecule has 0 spiro atoms. The third-order valence-electron chi connectivity index (χ3n) is 4.76. The topological polar surface area (TPSA) is 92.2 Å². The Hall–Kier alpha value is -1.67. The lowest BCUT2D eigenvalue weighted by Gasteiger charge is -2.26. The summed E-state index contributed by atoms with van der Waals surface area (Å²) in [7, 11) is 0. The monoisotopic (exact) mass is 370 g/mol. The van der Waals surface area contributed by atoms with Crippen LogP contribution in [0.15, 0.2) is 6.20 Å². The van der Waals surface area contributed by atoms with Gasteiger partial charge in [-0.2, -0.15) is 0 Å². The molecular weight excluding hydrogens is 344 g/mol. The Balaban J connectivity index is 0.00000225. The van der Waals surface area contributed by atoms with E-state index in [1.54, 1.807) is 10.9 Å². The highest BCUT2D eigenvalue weighted by Gasteiger charge is 2.19. The summed E-state index contributed by atoms with van der Waals surface area (Å²) in [4.78, 5) is 26.1. The second-order valence-electron chi connectivity index (χ2n) is 6.51. The zero-order valence-corrected chi connectivity index (χ0v) is 15.3. The van der Waals surface area contributed by atoms with Crippen molar-refractivity contribution in [3.63, 3.8) is 0 Å². The lowest BCUT2D eigenvalue weighted by atomic mass is 10.1. The van der Waals surface area contributed by atoms with Gasteiger partial charge in [-0.1, -0.05) is 5.21 Å². The molecule has 1 aromatic heterocycles. The van der Waals surface area contributed by atoms with E-state index < -0.39 is 0 Å². The fraction of sp³-hybridized carbons (Fsp3) is 0.750. The van der Waals surface area contributed by atoms with Gasteiger partial charge in [0.2, 0.25) is 5.91 Å². The Morgan fingerprint density at radius 2 is 1.92 bits per heavy atom. The molecule has 0 aromatic carbocycles. The minimum atomic E-state index is -0.262. The second kappa shape index (κ2) is 9.72. The zero-order valence-electron chi connectivity index (χ0n) is 14.4. The number of nitrogens with zero attached hydrogens (tertiary/aromatic N) is 4. The van der Waals surface area contributed by atoms with Crippen molar-refractivity contribution in [1.82, 2.24) is 30.5 Å². The quantitative estimate of drug-likeness (QED) is 0.798. The van der Waals surface area contributed by atoms with Crippen LogP contribution in [0.2, 0.25) is 0 Å². The number of rotatable bonds is 5. The number of amides is 2. The van der Waals surface area contributed by atoms with E-state index in [0.717, 1.165) is 51.9 Å². The van der Waals surface area contributed by atoms with Gasteiger partial charge in [-0.25, -0.2) is 4.68 Å². The van der Waals surface area contributed by atoms with Gasteiger partial charge in [0.1, 0.15) is 0 Å². The number of carbonyl (C=O) groups excluding carboxylic acids is 2. The van der Waals surface area contributed by atoms with E-state index in [9.17, 15) is 9.59 Å². The SMILES string of the molecule is Cl.O=C(NCCC(=O)N1CCCCC1)c1cn(C2CCNCC2)nn1. The number of carbonyl (C=O) groups is 2. The van der Waals surface area contributed by atoms with E-state index in [2.05, 4.69) is 20.9 Å². The van der Waals surface area contributed by atoms with Crippen molar-refractivity contribution in [3.05, 3.63) is 11.9 Å². The van der Waals surface area contributed by atoms with Crippen LogP contribution in [0.4, 0.5) is 0 Å². The smallest absolute Gasteiger partial charge is 0.273 e.